The van der Waals surface area contributed by atoms with Gasteiger partial charge in [0.2, 0.25) is 5.95 Å². The summed E-state index contributed by atoms with van der Waals surface area (Å²) in [5, 5.41) is 2.78. The minimum absolute atomic E-state index is 0.0999. The van der Waals surface area contributed by atoms with E-state index in [1.54, 1.807) is 25.3 Å². The smallest absolute Gasteiger partial charge is 0.259 e. The van der Waals surface area contributed by atoms with E-state index in [-0.39, 0.29) is 17.0 Å². The molecule has 0 aliphatic carbocycles. The van der Waals surface area contributed by atoms with Crippen molar-refractivity contribution in [2.75, 3.05) is 5.32 Å². The number of aromatic amines is 1. The van der Waals surface area contributed by atoms with Gasteiger partial charge in [-0.3, -0.25) is 15.1 Å². The van der Waals surface area contributed by atoms with Gasteiger partial charge in [-0.1, -0.05) is 11.6 Å². The number of hydrogen-bond donors (Lipinski definition) is 2. The van der Waals surface area contributed by atoms with Gasteiger partial charge >= 0.3 is 0 Å². The second-order valence-electron chi connectivity index (χ2n) is 4.03. The van der Waals surface area contributed by atoms with Crippen LogP contribution in [0.5, 0.6) is 0 Å². The van der Waals surface area contributed by atoms with Crippen LogP contribution in [0.4, 0.5) is 5.95 Å². The number of hydrogen-bond acceptors (Lipinski definition) is 5. The lowest BCUT2D eigenvalue weighted by Gasteiger charge is -2.05. The van der Waals surface area contributed by atoms with Crippen LogP contribution in [0, 0.1) is 6.92 Å². The monoisotopic (exact) mass is 288 g/mol. The van der Waals surface area contributed by atoms with Crippen LogP contribution < -0.4 is 5.32 Å². The highest BCUT2D eigenvalue weighted by Crippen LogP contribution is 2.18. The maximum absolute atomic E-state index is 12.1. The topological polar surface area (TPSA) is 96.5 Å². The van der Waals surface area contributed by atoms with Crippen molar-refractivity contribution in [2.24, 2.45) is 0 Å². The summed E-state index contributed by atoms with van der Waals surface area (Å²) >= 11 is 5.98. The molecular weight excluding hydrogens is 280 g/mol. The van der Waals surface area contributed by atoms with Gasteiger partial charge in [-0.2, -0.15) is 9.97 Å². The molecule has 0 saturated heterocycles. The number of imidazole rings is 1. The van der Waals surface area contributed by atoms with Gasteiger partial charge in [0.25, 0.3) is 5.91 Å². The molecule has 0 unspecified atom stereocenters. The molecular formula is C12H9ClN6O. The van der Waals surface area contributed by atoms with Crippen molar-refractivity contribution in [3.63, 3.8) is 0 Å². The molecule has 3 heterocycles. The number of aromatic nitrogens is 5. The van der Waals surface area contributed by atoms with E-state index in [0.717, 1.165) is 0 Å². The van der Waals surface area contributed by atoms with Crippen LogP contribution in [0.1, 0.15) is 16.1 Å². The number of nitrogens with zero attached hydrogens (tertiary/aromatic N) is 4. The molecule has 3 aromatic heterocycles. The summed E-state index contributed by atoms with van der Waals surface area (Å²) in [7, 11) is 0. The Morgan fingerprint density at radius 2 is 2.20 bits per heavy atom. The van der Waals surface area contributed by atoms with E-state index in [9.17, 15) is 4.79 Å². The SMILES string of the molecule is Cc1ncccc1C(=O)Nc1nc(Cl)c2[nH]cnc2n1. The van der Waals surface area contributed by atoms with Gasteiger partial charge in [0.15, 0.2) is 10.8 Å². The summed E-state index contributed by atoms with van der Waals surface area (Å²) in [5.74, 6) is -0.246. The number of fused-ring (bicyclic) bond motifs is 1. The first-order valence-corrected chi connectivity index (χ1v) is 6.12. The lowest BCUT2D eigenvalue weighted by molar-refractivity contribution is 0.102. The number of halogens is 1. The van der Waals surface area contributed by atoms with Gasteiger partial charge in [0.05, 0.1) is 11.9 Å². The summed E-state index contributed by atoms with van der Waals surface area (Å²) < 4.78 is 0. The van der Waals surface area contributed by atoms with Crippen molar-refractivity contribution in [3.8, 4) is 0 Å². The van der Waals surface area contributed by atoms with Gasteiger partial charge in [-0.15, -0.1) is 0 Å². The second kappa shape index (κ2) is 4.86. The van der Waals surface area contributed by atoms with Gasteiger partial charge < -0.3 is 4.98 Å². The molecule has 0 radical (unpaired) electrons. The molecule has 0 aliphatic heterocycles. The molecule has 0 atom stereocenters. The third-order valence-corrected chi connectivity index (χ3v) is 2.99. The molecule has 2 N–H and O–H groups in total. The number of nitrogens with one attached hydrogen (secondary N) is 2. The average Bonchev–Trinajstić information content (AvgIpc) is 2.88. The lowest BCUT2D eigenvalue weighted by atomic mass is 10.2. The number of pyridine rings is 1. The predicted octanol–water partition coefficient (Wildman–Crippen LogP) is 1.96. The van der Waals surface area contributed by atoms with Crippen molar-refractivity contribution in [2.45, 2.75) is 6.92 Å². The molecule has 7 nitrogen and oxygen atoms in total. The second-order valence-corrected chi connectivity index (χ2v) is 4.39. The maximum Gasteiger partial charge on any atom is 0.259 e. The van der Waals surface area contributed by atoms with Crippen molar-refractivity contribution < 1.29 is 4.79 Å². The largest absolute Gasteiger partial charge is 0.341 e. The minimum atomic E-state index is -0.346. The van der Waals surface area contributed by atoms with E-state index >= 15 is 0 Å². The summed E-state index contributed by atoms with van der Waals surface area (Å²) in [4.78, 5) is 31.1. The summed E-state index contributed by atoms with van der Waals surface area (Å²) in [6, 6.07) is 3.36. The quantitative estimate of drug-likeness (QED) is 0.703. The Hall–Kier alpha value is -2.54. The van der Waals surface area contributed by atoms with E-state index in [1.165, 1.54) is 6.33 Å². The normalized spacial score (nSPS) is 10.7. The number of rotatable bonds is 2. The Morgan fingerprint density at radius 3 is 3.00 bits per heavy atom. The van der Waals surface area contributed by atoms with Crippen LogP contribution in [0.2, 0.25) is 5.15 Å². The number of carbonyl (C=O) groups is 1. The minimum Gasteiger partial charge on any atom is -0.341 e. The van der Waals surface area contributed by atoms with Gasteiger partial charge in [-0.05, 0) is 19.1 Å². The first-order chi connectivity index (χ1) is 9.65. The number of amides is 1. The van der Waals surface area contributed by atoms with Crippen LogP contribution >= 0.6 is 11.6 Å². The first kappa shape index (κ1) is 12.5. The Labute approximate surface area is 118 Å². The third-order valence-electron chi connectivity index (χ3n) is 2.72. The number of carbonyl (C=O) groups excluding carboxylic acids is 1. The van der Waals surface area contributed by atoms with E-state index in [1.807, 2.05) is 0 Å². The average molecular weight is 289 g/mol. The van der Waals surface area contributed by atoms with Crippen molar-refractivity contribution in [1.29, 1.82) is 0 Å². The zero-order valence-corrected chi connectivity index (χ0v) is 11.1. The number of H-pyrrole nitrogens is 1. The molecule has 3 rings (SSSR count). The fourth-order valence-corrected chi connectivity index (χ4v) is 1.97. The molecule has 0 fully saturated rings. The van der Waals surface area contributed by atoms with E-state index in [0.29, 0.717) is 22.4 Å². The molecule has 20 heavy (non-hydrogen) atoms. The Balaban J connectivity index is 1.93. The van der Waals surface area contributed by atoms with Crippen LogP contribution in [0.3, 0.4) is 0 Å². The molecule has 0 saturated carbocycles. The highest BCUT2D eigenvalue weighted by atomic mass is 35.5. The van der Waals surface area contributed by atoms with Crippen LogP contribution in [0.15, 0.2) is 24.7 Å². The zero-order chi connectivity index (χ0) is 14.1. The van der Waals surface area contributed by atoms with E-state index in [4.69, 9.17) is 11.6 Å². The summed E-state index contributed by atoms with van der Waals surface area (Å²) in [6.45, 7) is 1.75. The van der Waals surface area contributed by atoms with E-state index < -0.39 is 0 Å². The first-order valence-electron chi connectivity index (χ1n) is 5.75. The fraction of sp³-hybridized carbons (Fsp3) is 0.0833. The Kier molecular flexibility index (Phi) is 3.03. The third kappa shape index (κ3) is 2.19. The van der Waals surface area contributed by atoms with Crippen LogP contribution in [0.25, 0.3) is 11.2 Å². The standard InChI is InChI=1S/C12H9ClN6O/c1-6-7(3-2-4-14-6)11(20)19-12-17-9(13)8-10(18-12)16-5-15-8/h2-5H,1H3,(H2,15,16,17,18,19,20). The lowest BCUT2D eigenvalue weighted by Crippen LogP contribution is -2.16. The van der Waals surface area contributed by atoms with Crippen molar-refractivity contribution in [1.82, 2.24) is 24.9 Å². The van der Waals surface area contributed by atoms with Gasteiger partial charge in [-0.25, -0.2) is 4.98 Å². The van der Waals surface area contributed by atoms with Crippen molar-refractivity contribution >= 4 is 34.6 Å². The number of aryl methyl sites for hydroxylation is 1. The maximum atomic E-state index is 12.1. The summed E-state index contributed by atoms with van der Waals surface area (Å²) in [6.07, 6.45) is 3.08. The fourth-order valence-electron chi connectivity index (χ4n) is 1.75. The van der Waals surface area contributed by atoms with Crippen LogP contribution in [-0.4, -0.2) is 30.8 Å². The van der Waals surface area contributed by atoms with Gasteiger partial charge in [0.1, 0.15) is 5.52 Å². The molecule has 1 amide bonds. The van der Waals surface area contributed by atoms with Gasteiger partial charge in [0, 0.05) is 11.9 Å². The Bertz CT molecular complexity index is 799. The summed E-state index contributed by atoms with van der Waals surface area (Å²) in [5.41, 5.74) is 2.00. The van der Waals surface area contributed by atoms with Crippen molar-refractivity contribution in [3.05, 3.63) is 41.1 Å². The Morgan fingerprint density at radius 1 is 1.35 bits per heavy atom. The molecule has 0 spiro atoms. The van der Waals surface area contributed by atoms with E-state index in [2.05, 4.69) is 30.2 Å². The zero-order valence-electron chi connectivity index (χ0n) is 10.4. The molecule has 0 aliphatic rings. The predicted molar refractivity (Wildman–Crippen MR) is 73.6 cm³/mol. The molecule has 8 heteroatoms. The number of anilines is 1. The molecule has 0 aromatic carbocycles. The molecule has 0 bridgehead atoms. The highest BCUT2D eigenvalue weighted by molar-refractivity contribution is 6.33. The molecule has 100 valence electrons. The molecule has 3 aromatic rings. The highest BCUT2D eigenvalue weighted by Gasteiger charge is 2.13. The van der Waals surface area contributed by atoms with Crippen LogP contribution in [-0.2, 0) is 0 Å².